The molecule has 0 unspecified atom stereocenters. The van der Waals surface area contributed by atoms with Crippen LogP contribution in [-0.2, 0) is 17.0 Å². The van der Waals surface area contributed by atoms with E-state index in [4.69, 9.17) is 0 Å². The van der Waals surface area contributed by atoms with Crippen LogP contribution in [0.25, 0.3) is 0 Å². The van der Waals surface area contributed by atoms with Crippen LogP contribution in [0.2, 0.25) is 0 Å². The first kappa shape index (κ1) is 19.3. The molecule has 2 aromatic heterocycles. The SMILES string of the molecule is CCc1ccc(N(C(C)=O)c2nc(CSc3nnc(SC)s3)cs2)cc1. The molecular weight excluding hydrogens is 404 g/mol. The fraction of sp³-hybridized carbons (Fsp3) is 0.294. The first-order chi connectivity index (χ1) is 12.6. The second-order valence-electron chi connectivity index (χ2n) is 5.32. The van der Waals surface area contributed by atoms with E-state index in [0.717, 1.165) is 26.5 Å². The van der Waals surface area contributed by atoms with Crippen LogP contribution in [0.5, 0.6) is 0 Å². The summed E-state index contributed by atoms with van der Waals surface area (Å²) in [5, 5.41) is 10.9. The van der Waals surface area contributed by atoms with Crippen LogP contribution >= 0.6 is 46.2 Å². The minimum absolute atomic E-state index is 0.0449. The molecule has 3 rings (SSSR count). The average Bonchev–Trinajstić information content (AvgIpc) is 3.29. The van der Waals surface area contributed by atoms with Crippen molar-refractivity contribution in [2.45, 2.75) is 34.7 Å². The standard InChI is InChI=1S/C17H18N4OS4/c1-4-12-5-7-14(8-6-12)21(11(2)22)15-18-13(9-24-15)10-25-17-20-19-16(23-3)26-17/h5-9H,4,10H2,1-3H3. The predicted molar refractivity (Wildman–Crippen MR) is 112 cm³/mol. The zero-order valence-corrected chi connectivity index (χ0v) is 17.9. The van der Waals surface area contributed by atoms with Gasteiger partial charge in [-0.3, -0.25) is 9.69 Å². The van der Waals surface area contributed by atoms with Gasteiger partial charge in [0.05, 0.1) is 11.4 Å². The fourth-order valence-electron chi connectivity index (χ4n) is 2.25. The van der Waals surface area contributed by atoms with Crippen molar-refractivity contribution in [1.82, 2.24) is 15.2 Å². The number of benzene rings is 1. The van der Waals surface area contributed by atoms with E-state index in [-0.39, 0.29) is 5.91 Å². The van der Waals surface area contributed by atoms with Crippen molar-refractivity contribution in [3.63, 3.8) is 0 Å². The third-order valence-electron chi connectivity index (χ3n) is 3.55. The van der Waals surface area contributed by atoms with Crippen LogP contribution in [0.1, 0.15) is 25.1 Å². The number of rotatable bonds is 7. The number of thioether (sulfide) groups is 2. The highest BCUT2D eigenvalue weighted by Crippen LogP contribution is 2.33. The lowest BCUT2D eigenvalue weighted by Gasteiger charge is -2.18. The van der Waals surface area contributed by atoms with E-state index in [9.17, 15) is 4.79 Å². The number of anilines is 2. The summed E-state index contributed by atoms with van der Waals surface area (Å²) in [6, 6.07) is 8.05. The number of hydrogen-bond acceptors (Lipinski definition) is 8. The van der Waals surface area contributed by atoms with Crippen molar-refractivity contribution in [3.05, 3.63) is 40.9 Å². The Hall–Kier alpha value is -1.42. The quantitative estimate of drug-likeness (QED) is 0.484. The predicted octanol–water partition coefficient (Wildman–Crippen LogP) is 5.26. The number of nitrogens with zero attached hydrogens (tertiary/aromatic N) is 4. The van der Waals surface area contributed by atoms with E-state index in [2.05, 4.69) is 34.2 Å². The van der Waals surface area contributed by atoms with E-state index in [0.29, 0.717) is 10.9 Å². The molecule has 0 saturated heterocycles. The van der Waals surface area contributed by atoms with Gasteiger partial charge in [0.25, 0.3) is 0 Å². The monoisotopic (exact) mass is 422 g/mol. The number of thiazole rings is 1. The van der Waals surface area contributed by atoms with E-state index in [1.807, 2.05) is 23.8 Å². The first-order valence-corrected chi connectivity index (χ1v) is 11.9. The lowest BCUT2D eigenvalue weighted by molar-refractivity contribution is -0.115. The Labute approximate surface area is 169 Å². The molecular formula is C17H18N4OS4. The van der Waals surface area contributed by atoms with Crippen molar-refractivity contribution >= 4 is 62.9 Å². The van der Waals surface area contributed by atoms with Gasteiger partial charge in [-0.15, -0.1) is 21.5 Å². The molecule has 0 N–H and O–H groups in total. The molecule has 0 fully saturated rings. The zero-order valence-electron chi connectivity index (χ0n) is 14.6. The Morgan fingerprint density at radius 3 is 2.54 bits per heavy atom. The Balaban J connectivity index is 1.73. The Morgan fingerprint density at radius 2 is 1.92 bits per heavy atom. The topological polar surface area (TPSA) is 59.0 Å². The van der Waals surface area contributed by atoms with E-state index in [1.54, 1.807) is 46.7 Å². The van der Waals surface area contributed by atoms with E-state index < -0.39 is 0 Å². The van der Waals surface area contributed by atoms with Gasteiger partial charge in [-0.05, 0) is 30.4 Å². The normalized spacial score (nSPS) is 10.9. The first-order valence-electron chi connectivity index (χ1n) is 7.95. The maximum atomic E-state index is 12.2. The van der Waals surface area contributed by atoms with Crippen LogP contribution in [0, 0.1) is 0 Å². The highest BCUT2D eigenvalue weighted by molar-refractivity contribution is 8.02. The number of aromatic nitrogens is 3. The van der Waals surface area contributed by atoms with Crippen LogP contribution in [0.3, 0.4) is 0 Å². The summed E-state index contributed by atoms with van der Waals surface area (Å²) in [6.07, 6.45) is 2.97. The lowest BCUT2D eigenvalue weighted by Crippen LogP contribution is -2.22. The minimum Gasteiger partial charge on any atom is -0.274 e. The van der Waals surface area contributed by atoms with Crippen molar-refractivity contribution in [2.24, 2.45) is 0 Å². The van der Waals surface area contributed by atoms with Gasteiger partial charge in [0, 0.05) is 18.1 Å². The summed E-state index contributed by atoms with van der Waals surface area (Å²) < 4.78 is 1.90. The highest BCUT2D eigenvalue weighted by atomic mass is 32.2. The van der Waals surface area contributed by atoms with Gasteiger partial charge in [0.15, 0.2) is 13.8 Å². The Bertz CT molecular complexity index is 875. The summed E-state index contributed by atoms with van der Waals surface area (Å²) in [6.45, 7) is 3.68. The maximum Gasteiger partial charge on any atom is 0.230 e. The van der Waals surface area contributed by atoms with Gasteiger partial charge < -0.3 is 0 Å². The molecule has 9 heteroatoms. The number of carbonyl (C=O) groups excluding carboxylic acids is 1. The summed E-state index contributed by atoms with van der Waals surface area (Å²) >= 11 is 6.28. The minimum atomic E-state index is -0.0449. The summed E-state index contributed by atoms with van der Waals surface area (Å²) in [5.41, 5.74) is 3.03. The number of aryl methyl sites for hydroxylation is 1. The van der Waals surface area contributed by atoms with Crippen LogP contribution in [-0.4, -0.2) is 27.3 Å². The third-order valence-corrected chi connectivity index (χ3v) is 7.49. The van der Waals surface area contributed by atoms with Crippen LogP contribution < -0.4 is 4.90 Å². The molecule has 0 bridgehead atoms. The van der Waals surface area contributed by atoms with Gasteiger partial charge >= 0.3 is 0 Å². The number of amides is 1. The average molecular weight is 423 g/mol. The van der Waals surface area contributed by atoms with Crippen molar-refractivity contribution in [3.8, 4) is 0 Å². The van der Waals surface area contributed by atoms with E-state index >= 15 is 0 Å². The fourth-order valence-corrected chi connectivity index (χ4v) is 5.57. The molecule has 0 aliphatic rings. The Kier molecular flexibility index (Phi) is 6.68. The van der Waals surface area contributed by atoms with Crippen LogP contribution in [0.4, 0.5) is 10.8 Å². The molecule has 3 aromatic rings. The zero-order chi connectivity index (χ0) is 18.5. The molecule has 0 spiro atoms. The van der Waals surface area contributed by atoms with Gasteiger partial charge in [-0.2, -0.15) is 0 Å². The second kappa shape index (κ2) is 8.98. The molecule has 0 aliphatic heterocycles. The van der Waals surface area contributed by atoms with Crippen molar-refractivity contribution < 1.29 is 4.79 Å². The van der Waals surface area contributed by atoms with Crippen molar-refractivity contribution in [2.75, 3.05) is 11.2 Å². The largest absolute Gasteiger partial charge is 0.274 e. The molecule has 0 radical (unpaired) electrons. The highest BCUT2D eigenvalue weighted by Gasteiger charge is 2.18. The maximum absolute atomic E-state index is 12.2. The van der Waals surface area contributed by atoms with Gasteiger partial charge in [-0.25, -0.2) is 4.98 Å². The molecule has 1 amide bonds. The molecule has 5 nitrogen and oxygen atoms in total. The van der Waals surface area contributed by atoms with Gasteiger partial charge in [0.2, 0.25) is 5.91 Å². The smallest absolute Gasteiger partial charge is 0.230 e. The number of carbonyl (C=O) groups is 1. The lowest BCUT2D eigenvalue weighted by atomic mass is 10.1. The van der Waals surface area contributed by atoms with Crippen molar-refractivity contribution in [1.29, 1.82) is 0 Å². The molecule has 2 heterocycles. The summed E-state index contributed by atoms with van der Waals surface area (Å²) in [5.74, 6) is 0.663. The summed E-state index contributed by atoms with van der Waals surface area (Å²) in [7, 11) is 0. The second-order valence-corrected chi connectivity index (χ2v) is 9.41. The van der Waals surface area contributed by atoms with Gasteiger partial charge in [-0.1, -0.05) is 53.9 Å². The summed E-state index contributed by atoms with van der Waals surface area (Å²) in [4.78, 5) is 18.5. The molecule has 26 heavy (non-hydrogen) atoms. The van der Waals surface area contributed by atoms with Gasteiger partial charge in [0.1, 0.15) is 0 Å². The molecule has 0 atom stereocenters. The molecule has 136 valence electrons. The number of hydrogen-bond donors (Lipinski definition) is 0. The third kappa shape index (κ3) is 4.64. The Morgan fingerprint density at radius 1 is 1.19 bits per heavy atom. The molecule has 1 aromatic carbocycles. The van der Waals surface area contributed by atoms with Crippen LogP contribution in [0.15, 0.2) is 38.3 Å². The molecule has 0 aliphatic carbocycles. The molecule has 0 saturated carbocycles. The van der Waals surface area contributed by atoms with E-state index in [1.165, 1.54) is 16.9 Å².